The molecule has 0 radical (unpaired) electrons. The van der Waals surface area contributed by atoms with Gasteiger partial charge in [0.05, 0.1) is 11.4 Å². The van der Waals surface area contributed by atoms with Gasteiger partial charge in [-0.3, -0.25) is 4.68 Å². The Hall–Kier alpha value is -2.27. The standard InChI is InChI=1S/C14H17N5/c1-9-11(8-19(2)18-9)14(16)10-5-3-4-6-12(10)17-7-13(14)15/h3-8,17H,15-16H2,1-2H3. The third-order valence-electron chi connectivity index (χ3n) is 3.63. The zero-order valence-corrected chi connectivity index (χ0v) is 11.0. The Morgan fingerprint density at radius 2 is 2.00 bits per heavy atom. The first-order chi connectivity index (χ1) is 9.03. The van der Waals surface area contributed by atoms with E-state index in [1.165, 1.54) is 0 Å². The van der Waals surface area contributed by atoms with Gasteiger partial charge < -0.3 is 16.8 Å². The fourth-order valence-electron chi connectivity index (χ4n) is 2.67. The molecule has 1 aliphatic heterocycles. The molecule has 19 heavy (non-hydrogen) atoms. The van der Waals surface area contributed by atoms with E-state index >= 15 is 0 Å². The van der Waals surface area contributed by atoms with Gasteiger partial charge in [-0.2, -0.15) is 5.10 Å². The zero-order valence-electron chi connectivity index (χ0n) is 11.0. The second-order valence-corrected chi connectivity index (χ2v) is 4.90. The van der Waals surface area contributed by atoms with Crippen LogP contribution in [-0.4, -0.2) is 9.78 Å². The first-order valence-electron chi connectivity index (χ1n) is 6.15. The Morgan fingerprint density at radius 3 is 2.68 bits per heavy atom. The second kappa shape index (κ2) is 3.86. The van der Waals surface area contributed by atoms with E-state index in [9.17, 15) is 0 Å². The quantitative estimate of drug-likeness (QED) is 0.714. The smallest absolute Gasteiger partial charge is 0.114 e. The predicted molar refractivity (Wildman–Crippen MR) is 75.2 cm³/mol. The lowest BCUT2D eigenvalue weighted by Crippen LogP contribution is -2.46. The molecule has 0 spiro atoms. The van der Waals surface area contributed by atoms with E-state index in [1.807, 2.05) is 44.4 Å². The monoisotopic (exact) mass is 255 g/mol. The molecule has 1 aliphatic rings. The van der Waals surface area contributed by atoms with Crippen molar-refractivity contribution in [3.63, 3.8) is 0 Å². The molecular formula is C14H17N5. The highest BCUT2D eigenvalue weighted by atomic mass is 15.3. The van der Waals surface area contributed by atoms with Crippen molar-refractivity contribution in [2.45, 2.75) is 12.5 Å². The first kappa shape index (κ1) is 11.8. The number of rotatable bonds is 1. The van der Waals surface area contributed by atoms with Crippen LogP contribution in [0.4, 0.5) is 5.69 Å². The Bertz CT molecular complexity index is 670. The van der Waals surface area contributed by atoms with Gasteiger partial charge in [-0.15, -0.1) is 0 Å². The number of para-hydroxylation sites is 1. The first-order valence-corrected chi connectivity index (χ1v) is 6.15. The van der Waals surface area contributed by atoms with Crippen molar-refractivity contribution in [2.75, 3.05) is 5.32 Å². The van der Waals surface area contributed by atoms with Crippen LogP contribution in [0, 0.1) is 6.92 Å². The van der Waals surface area contributed by atoms with Gasteiger partial charge in [0.15, 0.2) is 0 Å². The summed E-state index contributed by atoms with van der Waals surface area (Å²) >= 11 is 0. The van der Waals surface area contributed by atoms with Gasteiger partial charge in [-0.1, -0.05) is 18.2 Å². The van der Waals surface area contributed by atoms with Crippen LogP contribution in [0.25, 0.3) is 0 Å². The summed E-state index contributed by atoms with van der Waals surface area (Å²) in [5, 5.41) is 7.54. The number of benzene rings is 1. The van der Waals surface area contributed by atoms with Crippen molar-refractivity contribution in [3.05, 3.63) is 59.2 Å². The van der Waals surface area contributed by atoms with Gasteiger partial charge in [0.2, 0.25) is 0 Å². The van der Waals surface area contributed by atoms with E-state index in [1.54, 1.807) is 10.9 Å². The molecule has 1 aromatic carbocycles. The number of anilines is 1. The number of aryl methyl sites for hydroxylation is 2. The van der Waals surface area contributed by atoms with E-state index in [2.05, 4.69) is 10.4 Å². The topological polar surface area (TPSA) is 81.9 Å². The molecule has 0 saturated heterocycles. The summed E-state index contributed by atoms with van der Waals surface area (Å²) in [6, 6.07) is 7.92. The van der Waals surface area contributed by atoms with Crippen LogP contribution in [0.3, 0.4) is 0 Å². The van der Waals surface area contributed by atoms with E-state index in [4.69, 9.17) is 11.5 Å². The number of hydrogen-bond acceptors (Lipinski definition) is 4. The van der Waals surface area contributed by atoms with Crippen LogP contribution in [0.15, 0.2) is 42.4 Å². The number of hydrogen-bond donors (Lipinski definition) is 3. The number of nitrogens with one attached hydrogen (secondary N) is 1. The van der Waals surface area contributed by atoms with Gasteiger partial charge in [0, 0.05) is 36.3 Å². The van der Waals surface area contributed by atoms with Crippen LogP contribution in [0.5, 0.6) is 0 Å². The minimum atomic E-state index is -0.833. The molecule has 1 aromatic heterocycles. The van der Waals surface area contributed by atoms with Crippen molar-refractivity contribution >= 4 is 5.69 Å². The van der Waals surface area contributed by atoms with Crippen molar-refractivity contribution in [1.82, 2.24) is 9.78 Å². The summed E-state index contributed by atoms with van der Waals surface area (Å²) in [4.78, 5) is 0. The lowest BCUT2D eigenvalue weighted by Gasteiger charge is -2.35. The predicted octanol–water partition coefficient (Wildman–Crippen LogP) is 1.16. The van der Waals surface area contributed by atoms with E-state index in [0.717, 1.165) is 22.5 Å². The highest BCUT2D eigenvalue weighted by molar-refractivity contribution is 5.66. The molecule has 0 saturated carbocycles. The third kappa shape index (κ3) is 1.55. The van der Waals surface area contributed by atoms with Crippen molar-refractivity contribution < 1.29 is 0 Å². The molecule has 3 rings (SSSR count). The van der Waals surface area contributed by atoms with Crippen molar-refractivity contribution in [2.24, 2.45) is 18.5 Å². The van der Waals surface area contributed by atoms with Gasteiger partial charge in [0.1, 0.15) is 5.54 Å². The van der Waals surface area contributed by atoms with Gasteiger partial charge >= 0.3 is 0 Å². The highest BCUT2D eigenvalue weighted by Gasteiger charge is 2.39. The Kier molecular flexibility index (Phi) is 2.40. The maximum atomic E-state index is 6.66. The van der Waals surface area contributed by atoms with E-state index in [0.29, 0.717) is 5.70 Å². The summed E-state index contributed by atoms with van der Waals surface area (Å²) < 4.78 is 1.76. The minimum Gasteiger partial charge on any atom is -0.399 e. The molecular weight excluding hydrogens is 238 g/mol. The number of nitrogens with zero attached hydrogens (tertiary/aromatic N) is 2. The fourth-order valence-corrected chi connectivity index (χ4v) is 2.67. The largest absolute Gasteiger partial charge is 0.399 e. The van der Waals surface area contributed by atoms with Gasteiger partial charge in [0.25, 0.3) is 0 Å². The number of nitrogens with two attached hydrogens (primary N) is 2. The van der Waals surface area contributed by atoms with Crippen LogP contribution < -0.4 is 16.8 Å². The number of aromatic nitrogens is 2. The molecule has 1 atom stereocenters. The molecule has 1 unspecified atom stereocenters. The zero-order chi connectivity index (χ0) is 13.6. The normalized spacial score (nSPS) is 21.5. The molecule has 0 fully saturated rings. The van der Waals surface area contributed by atoms with Crippen LogP contribution in [-0.2, 0) is 12.6 Å². The summed E-state index contributed by atoms with van der Waals surface area (Å²) in [6.45, 7) is 1.95. The molecule has 2 aromatic rings. The fraction of sp³-hybridized carbons (Fsp3) is 0.214. The molecule has 5 nitrogen and oxygen atoms in total. The number of fused-ring (bicyclic) bond motifs is 1. The summed E-state index contributed by atoms with van der Waals surface area (Å²) in [5.41, 5.74) is 16.3. The summed E-state index contributed by atoms with van der Waals surface area (Å²) in [6.07, 6.45) is 3.69. The lowest BCUT2D eigenvalue weighted by atomic mass is 9.79. The third-order valence-corrected chi connectivity index (χ3v) is 3.63. The van der Waals surface area contributed by atoms with Crippen molar-refractivity contribution in [3.8, 4) is 0 Å². The van der Waals surface area contributed by atoms with Crippen molar-refractivity contribution in [1.29, 1.82) is 0 Å². The maximum Gasteiger partial charge on any atom is 0.114 e. The van der Waals surface area contributed by atoms with Crippen LogP contribution in [0.1, 0.15) is 16.8 Å². The van der Waals surface area contributed by atoms with Gasteiger partial charge in [-0.05, 0) is 13.0 Å². The highest BCUT2D eigenvalue weighted by Crippen LogP contribution is 2.39. The molecule has 2 heterocycles. The average molecular weight is 255 g/mol. The van der Waals surface area contributed by atoms with E-state index < -0.39 is 5.54 Å². The lowest BCUT2D eigenvalue weighted by molar-refractivity contribution is 0.616. The molecule has 98 valence electrons. The van der Waals surface area contributed by atoms with Crippen LogP contribution >= 0.6 is 0 Å². The van der Waals surface area contributed by atoms with E-state index in [-0.39, 0.29) is 0 Å². The summed E-state index contributed by atoms with van der Waals surface area (Å²) in [5.74, 6) is 0. The maximum absolute atomic E-state index is 6.66. The SMILES string of the molecule is Cc1nn(C)cc1C1(N)C(N)=CNc2ccccc21. The molecule has 5 N–H and O–H groups in total. The van der Waals surface area contributed by atoms with Crippen LogP contribution in [0.2, 0.25) is 0 Å². The average Bonchev–Trinajstić information content (AvgIpc) is 2.74. The minimum absolute atomic E-state index is 0.585. The molecule has 0 aliphatic carbocycles. The Balaban J connectivity index is 2.29. The Labute approximate surface area is 111 Å². The summed E-state index contributed by atoms with van der Waals surface area (Å²) in [7, 11) is 1.88. The molecule has 0 amide bonds. The molecule has 5 heteroatoms. The second-order valence-electron chi connectivity index (χ2n) is 4.90. The Morgan fingerprint density at radius 1 is 1.26 bits per heavy atom. The molecule has 0 bridgehead atoms. The van der Waals surface area contributed by atoms with Gasteiger partial charge in [-0.25, -0.2) is 0 Å².